The molecule has 0 fully saturated rings. The Bertz CT molecular complexity index is 1140. The predicted molar refractivity (Wildman–Crippen MR) is 125 cm³/mol. The molecule has 1 atom stereocenters. The lowest BCUT2D eigenvalue weighted by Gasteiger charge is -2.40. The molecule has 0 unspecified atom stereocenters. The Hall–Kier alpha value is -3.14. The summed E-state index contributed by atoms with van der Waals surface area (Å²) >= 11 is 0. The summed E-state index contributed by atoms with van der Waals surface area (Å²) < 4.78 is 0. The fourth-order valence-electron chi connectivity index (χ4n) is 4.86. The summed E-state index contributed by atoms with van der Waals surface area (Å²) in [5.74, 6) is -0.414. The standard InChI is InChI=1S/C27H30N2O2/c1-16-10-6-8-12-19(16)24-23(26(31)29-20-13-9-7-11-17(20)2)18(3)28-21-14-27(4,5)15-22(30)25(21)24/h6-13,24,28H,14-15H2,1-5H3,(H,29,31)/t24-/m1/s1. The molecule has 0 bridgehead atoms. The highest BCUT2D eigenvalue weighted by Crippen LogP contribution is 2.47. The van der Waals surface area contributed by atoms with Gasteiger partial charge in [-0.15, -0.1) is 0 Å². The van der Waals surface area contributed by atoms with Crippen LogP contribution in [0.1, 0.15) is 56.2 Å². The molecular formula is C27H30N2O2. The van der Waals surface area contributed by atoms with Gasteiger partial charge in [-0.1, -0.05) is 56.3 Å². The maximum atomic E-state index is 13.6. The van der Waals surface area contributed by atoms with E-state index in [0.29, 0.717) is 12.0 Å². The number of carbonyl (C=O) groups excluding carboxylic acids is 2. The highest BCUT2D eigenvalue weighted by Gasteiger charge is 2.43. The van der Waals surface area contributed by atoms with E-state index in [1.165, 1.54) is 0 Å². The number of anilines is 1. The summed E-state index contributed by atoms with van der Waals surface area (Å²) in [4.78, 5) is 27.0. The van der Waals surface area contributed by atoms with E-state index in [4.69, 9.17) is 0 Å². The van der Waals surface area contributed by atoms with Crippen LogP contribution in [0.2, 0.25) is 0 Å². The van der Waals surface area contributed by atoms with Crippen LogP contribution in [0.25, 0.3) is 0 Å². The van der Waals surface area contributed by atoms with Crippen molar-refractivity contribution in [1.82, 2.24) is 5.32 Å². The van der Waals surface area contributed by atoms with Gasteiger partial charge in [-0.25, -0.2) is 0 Å². The number of amides is 1. The van der Waals surface area contributed by atoms with Crippen LogP contribution >= 0.6 is 0 Å². The molecule has 2 N–H and O–H groups in total. The number of Topliss-reactive ketones (excluding diaryl/α,β-unsaturated/α-hetero) is 1. The smallest absolute Gasteiger partial charge is 0.254 e. The maximum absolute atomic E-state index is 13.6. The molecule has 0 radical (unpaired) electrons. The molecule has 1 heterocycles. The average molecular weight is 415 g/mol. The quantitative estimate of drug-likeness (QED) is 0.693. The zero-order valence-electron chi connectivity index (χ0n) is 18.9. The molecule has 1 aliphatic heterocycles. The van der Waals surface area contributed by atoms with E-state index in [2.05, 4.69) is 24.5 Å². The lowest BCUT2D eigenvalue weighted by molar-refractivity contribution is -0.118. The number of allylic oxidation sites excluding steroid dienone is 3. The minimum absolute atomic E-state index is 0.0968. The molecule has 4 rings (SSSR count). The summed E-state index contributed by atoms with van der Waals surface area (Å²) in [6.45, 7) is 10.2. The van der Waals surface area contributed by atoms with Crippen LogP contribution < -0.4 is 10.6 Å². The molecule has 4 heteroatoms. The van der Waals surface area contributed by atoms with Crippen molar-refractivity contribution in [2.75, 3.05) is 5.32 Å². The molecule has 0 spiro atoms. The van der Waals surface area contributed by atoms with Crippen LogP contribution in [0.4, 0.5) is 5.69 Å². The number of rotatable bonds is 3. The van der Waals surface area contributed by atoms with Crippen molar-refractivity contribution in [3.05, 3.63) is 87.8 Å². The van der Waals surface area contributed by atoms with Crippen molar-refractivity contribution in [2.24, 2.45) is 5.41 Å². The lowest BCUT2D eigenvalue weighted by Crippen LogP contribution is -2.39. The Labute approximate surface area is 184 Å². The number of nitrogens with one attached hydrogen (secondary N) is 2. The van der Waals surface area contributed by atoms with Gasteiger partial charge in [0.05, 0.1) is 0 Å². The zero-order chi connectivity index (χ0) is 22.3. The second-order valence-electron chi connectivity index (χ2n) is 9.56. The first-order chi connectivity index (χ1) is 14.7. The third kappa shape index (κ3) is 3.95. The Morgan fingerprint density at radius 1 is 0.968 bits per heavy atom. The van der Waals surface area contributed by atoms with E-state index in [1.54, 1.807) is 0 Å². The minimum atomic E-state index is -0.370. The van der Waals surface area contributed by atoms with Gasteiger partial charge in [0.1, 0.15) is 0 Å². The number of benzene rings is 2. The van der Waals surface area contributed by atoms with Gasteiger partial charge in [-0.3, -0.25) is 9.59 Å². The normalized spacial score (nSPS) is 20.3. The third-order valence-corrected chi connectivity index (χ3v) is 6.38. The van der Waals surface area contributed by atoms with Crippen molar-refractivity contribution >= 4 is 17.4 Å². The first-order valence-electron chi connectivity index (χ1n) is 10.8. The van der Waals surface area contributed by atoms with Crippen molar-refractivity contribution in [3.63, 3.8) is 0 Å². The molecule has 2 aromatic rings. The molecule has 0 saturated carbocycles. The molecule has 4 nitrogen and oxygen atoms in total. The van der Waals surface area contributed by atoms with Gasteiger partial charge >= 0.3 is 0 Å². The summed E-state index contributed by atoms with van der Waals surface area (Å²) in [5.41, 5.74) is 6.90. The van der Waals surface area contributed by atoms with E-state index < -0.39 is 0 Å². The molecular weight excluding hydrogens is 384 g/mol. The topological polar surface area (TPSA) is 58.2 Å². The molecule has 160 valence electrons. The lowest BCUT2D eigenvalue weighted by atomic mass is 9.68. The Morgan fingerprint density at radius 2 is 1.61 bits per heavy atom. The van der Waals surface area contributed by atoms with E-state index in [9.17, 15) is 9.59 Å². The first kappa shape index (κ1) is 21.1. The number of carbonyl (C=O) groups is 2. The van der Waals surface area contributed by atoms with E-state index in [1.807, 2.05) is 69.3 Å². The van der Waals surface area contributed by atoms with Crippen molar-refractivity contribution in [3.8, 4) is 0 Å². The largest absolute Gasteiger partial charge is 0.362 e. The van der Waals surface area contributed by atoms with Crippen LogP contribution in [0.3, 0.4) is 0 Å². The van der Waals surface area contributed by atoms with Crippen LogP contribution in [-0.2, 0) is 9.59 Å². The van der Waals surface area contributed by atoms with Gasteiger partial charge < -0.3 is 10.6 Å². The highest BCUT2D eigenvalue weighted by molar-refractivity contribution is 6.10. The van der Waals surface area contributed by atoms with Gasteiger partial charge in [-0.05, 0) is 55.4 Å². The Morgan fingerprint density at radius 3 is 2.29 bits per heavy atom. The first-order valence-corrected chi connectivity index (χ1v) is 10.8. The van der Waals surface area contributed by atoms with E-state index >= 15 is 0 Å². The molecule has 0 saturated heterocycles. The molecule has 1 aliphatic carbocycles. The molecule has 0 aromatic heterocycles. The third-order valence-electron chi connectivity index (χ3n) is 6.38. The Balaban J connectivity index is 1.84. The predicted octanol–water partition coefficient (Wildman–Crippen LogP) is 5.55. The number of para-hydroxylation sites is 1. The minimum Gasteiger partial charge on any atom is -0.362 e. The Kier molecular flexibility index (Phi) is 5.34. The number of hydrogen-bond donors (Lipinski definition) is 2. The van der Waals surface area contributed by atoms with Crippen molar-refractivity contribution in [1.29, 1.82) is 0 Å². The summed E-state index contributed by atoms with van der Waals surface area (Å²) in [6, 6.07) is 15.8. The van der Waals surface area contributed by atoms with Gasteiger partial charge in [0, 0.05) is 40.6 Å². The van der Waals surface area contributed by atoms with Gasteiger partial charge in [-0.2, -0.15) is 0 Å². The molecule has 2 aromatic carbocycles. The fraction of sp³-hybridized carbons (Fsp3) is 0.333. The van der Waals surface area contributed by atoms with Gasteiger partial charge in [0.15, 0.2) is 5.78 Å². The average Bonchev–Trinajstić information content (AvgIpc) is 2.68. The zero-order valence-corrected chi connectivity index (χ0v) is 18.9. The van der Waals surface area contributed by atoms with E-state index in [0.717, 1.165) is 45.8 Å². The monoisotopic (exact) mass is 414 g/mol. The van der Waals surface area contributed by atoms with E-state index in [-0.39, 0.29) is 23.0 Å². The number of aryl methyl sites for hydroxylation is 2. The second-order valence-corrected chi connectivity index (χ2v) is 9.56. The van der Waals surface area contributed by atoms with Crippen molar-refractivity contribution < 1.29 is 9.59 Å². The molecule has 2 aliphatic rings. The van der Waals surface area contributed by atoms with Gasteiger partial charge in [0.25, 0.3) is 5.91 Å². The van der Waals surface area contributed by atoms with Gasteiger partial charge in [0.2, 0.25) is 0 Å². The van der Waals surface area contributed by atoms with Crippen LogP contribution in [-0.4, -0.2) is 11.7 Å². The molecule has 1 amide bonds. The maximum Gasteiger partial charge on any atom is 0.254 e. The number of ketones is 1. The number of hydrogen-bond acceptors (Lipinski definition) is 3. The number of dihydropyridines is 1. The van der Waals surface area contributed by atoms with Crippen LogP contribution in [0, 0.1) is 19.3 Å². The van der Waals surface area contributed by atoms with Crippen LogP contribution in [0.5, 0.6) is 0 Å². The SMILES string of the molecule is CC1=C(C(=O)Nc2ccccc2C)[C@@H](c2ccccc2C)C2=C(CC(C)(C)CC2=O)N1. The highest BCUT2D eigenvalue weighted by atomic mass is 16.2. The van der Waals surface area contributed by atoms with Crippen LogP contribution in [0.15, 0.2) is 71.1 Å². The summed E-state index contributed by atoms with van der Waals surface area (Å²) in [6.07, 6.45) is 1.28. The summed E-state index contributed by atoms with van der Waals surface area (Å²) in [7, 11) is 0. The fourth-order valence-corrected chi connectivity index (χ4v) is 4.86. The van der Waals surface area contributed by atoms with Crippen molar-refractivity contribution in [2.45, 2.75) is 53.4 Å². The molecule has 31 heavy (non-hydrogen) atoms. The summed E-state index contributed by atoms with van der Waals surface area (Å²) in [5, 5.41) is 6.52. The second kappa shape index (κ2) is 7.84.